The molecular formula is C16H16Br3NO. The van der Waals surface area contributed by atoms with E-state index in [2.05, 4.69) is 84.3 Å². The zero-order valence-electron chi connectivity index (χ0n) is 11.8. The van der Waals surface area contributed by atoms with Gasteiger partial charge in [-0.05, 0) is 65.7 Å². The predicted octanol–water partition coefficient (Wildman–Crippen LogP) is 6.29. The highest BCUT2D eigenvalue weighted by atomic mass is 79.9. The Labute approximate surface area is 150 Å². The number of halogens is 3. The molecule has 1 N–H and O–H groups in total. The fourth-order valence-corrected chi connectivity index (χ4v) is 3.68. The summed E-state index contributed by atoms with van der Waals surface area (Å²) in [6, 6.07) is 10.3. The van der Waals surface area contributed by atoms with Crippen molar-refractivity contribution in [1.29, 1.82) is 0 Å². The fourth-order valence-electron chi connectivity index (χ4n) is 2.00. The molecule has 2 rings (SSSR count). The number of aryl methyl sites for hydroxylation is 1. The van der Waals surface area contributed by atoms with E-state index in [0.717, 1.165) is 30.4 Å². The van der Waals surface area contributed by atoms with E-state index < -0.39 is 0 Å². The van der Waals surface area contributed by atoms with Crippen molar-refractivity contribution in [3.05, 3.63) is 54.9 Å². The zero-order valence-corrected chi connectivity index (χ0v) is 16.6. The Hall–Kier alpha value is -0.520. The Kier molecular flexibility index (Phi) is 6.14. The minimum absolute atomic E-state index is 0.643. The summed E-state index contributed by atoms with van der Waals surface area (Å²) in [4.78, 5) is 0. The number of rotatable bonds is 5. The summed E-state index contributed by atoms with van der Waals surface area (Å²) in [5, 5.41) is 3.44. The highest BCUT2D eigenvalue weighted by Crippen LogP contribution is 2.33. The van der Waals surface area contributed by atoms with Crippen molar-refractivity contribution in [2.45, 2.75) is 20.4 Å². The number of hydrogen-bond donors (Lipinski definition) is 1. The summed E-state index contributed by atoms with van der Waals surface area (Å²) in [5.74, 6) is 0.891. The van der Waals surface area contributed by atoms with Crippen LogP contribution in [-0.4, -0.2) is 6.61 Å². The van der Waals surface area contributed by atoms with E-state index in [0.29, 0.717) is 13.2 Å². The second-order valence-corrected chi connectivity index (χ2v) is 7.25. The van der Waals surface area contributed by atoms with Crippen molar-refractivity contribution in [3.8, 4) is 5.75 Å². The Bertz CT molecular complexity index is 644. The maximum absolute atomic E-state index is 5.74. The van der Waals surface area contributed by atoms with Crippen molar-refractivity contribution >= 4 is 53.5 Å². The van der Waals surface area contributed by atoms with Gasteiger partial charge in [0.05, 0.1) is 11.1 Å². The topological polar surface area (TPSA) is 21.3 Å². The lowest BCUT2D eigenvalue weighted by atomic mass is 10.2. The molecular weight excluding hydrogens is 462 g/mol. The van der Waals surface area contributed by atoms with E-state index in [-0.39, 0.29) is 0 Å². The first kappa shape index (κ1) is 16.8. The van der Waals surface area contributed by atoms with E-state index >= 15 is 0 Å². The molecule has 0 bridgehead atoms. The van der Waals surface area contributed by atoms with E-state index in [1.165, 1.54) is 5.56 Å². The highest BCUT2D eigenvalue weighted by Gasteiger charge is 2.10. The monoisotopic (exact) mass is 475 g/mol. The van der Waals surface area contributed by atoms with Gasteiger partial charge >= 0.3 is 0 Å². The van der Waals surface area contributed by atoms with Gasteiger partial charge in [0.1, 0.15) is 5.75 Å². The number of ether oxygens (including phenoxy) is 1. The molecule has 112 valence electrons. The average molecular weight is 478 g/mol. The standard InChI is InChI=1S/C16H16Br3NO/c1-3-21-16-11(7-12(17)8-15(16)19)9-20-13-4-5-14(18)10(2)6-13/h4-8,20H,3,9H2,1-2H3. The van der Waals surface area contributed by atoms with Crippen LogP contribution in [0.25, 0.3) is 0 Å². The smallest absolute Gasteiger partial charge is 0.138 e. The minimum atomic E-state index is 0.643. The Balaban J connectivity index is 2.20. The maximum atomic E-state index is 5.74. The lowest BCUT2D eigenvalue weighted by Crippen LogP contribution is -2.04. The molecule has 0 unspecified atom stereocenters. The van der Waals surface area contributed by atoms with Gasteiger partial charge in [0.25, 0.3) is 0 Å². The third kappa shape index (κ3) is 4.47. The molecule has 21 heavy (non-hydrogen) atoms. The van der Waals surface area contributed by atoms with Gasteiger partial charge < -0.3 is 10.1 Å². The van der Waals surface area contributed by atoms with Crippen LogP contribution in [0.1, 0.15) is 18.1 Å². The van der Waals surface area contributed by atoms with Crippen molar-refractivity contribution in [2.24, 2.45) is 0 Å². The predicted molar refractivity (Wildman–Crippen MR) is 99.2 cm³/mol. The summed E-state index contributed by atoms with van der Waals surface area (Å²) < 4.78 is 8.85. The van der Waals surface area contributed by atoms with Crippen LogP contribution in [0.5, 0.6) is 5.75 Å². The summed E-state index contributed by atoms with van der Waals surface area (Å²) in [5.41, 5.74) is 3.41. The number of benzene rings is 2. The summed E-state index contributed by atoms with van der Waals surface area (Å²) in [7, 11) is 0. The van der Waals surface area contributed by atoms with Gasteiger partial charge in [0.15, 0.2) is 0 Å². The van der Waals surface area contributed by atoms with Crippen LogP contribution in [0.15, 0.2) is 43.7 Å². The molecule has 0 saturated carbocycles. The molecule has 0 aliphatic heterocycles. The van der Waals surface area contributed by atoms with Gasteiger partial charge in [-0.1, -0.05) is 31.9 Å². The lowest BCUT2D eigenvalue weighted by Gasteiger charge is -2.15. The number of hydrogen-bond acceptors (Lipinski definition) is 2. The summed E-state index contributed by atoms with van der Waals surface area (Å²) in [6.07, 6.45) is 0. The Morgan fingerprint density at radius 3 is 2.48 bits per heavy atom. The van der Waals surface area contributed by atoms with Crippen molar-refractivity contribution in [2.75, 3.05) is 11.9 Å². The molecule has 2 nitrogen and oxygen atoms in total. The summed E-state index contributed by atoms with van der Waals surface area (Å²) >= 11 is 10.6. The van der Waals surface area contributed by atoms with Gasteiger partial charge in [-0.25, -0.2) is 0 Å². The molecule has 0 spiro atoms. The van der Waals surface area contributed by atoms with Crippen LogP contribution >= 0.6 is 47.8 Å². The second-order valence-electron chi connectivity index (χ2n) is 4.63. The molecule has 0 aliphatic rings. The first-order valence-electron chi connectivity index (χ1n) is 6.62. The first-order valence-corrected chi connectivity index (χ1v) is 9.00. The molecule has 0 aromatic heterocycles. The van der Waals surface area contributed by atoms with Crippen molar-refractivity contribution < 1.29 is 4.74 Å². The highest BCUT2D eigenvalue weighted by molar-refractivity contribution is 9.11. The quantitative estimate of drug-likeness (QED) is 0.546. The fraction of sp³-hybridized carbons (Fsp3) is 0.250. The molecule has 0 radical (unpaired) electrons. The van der Waals surface area contributed by atoms with Gasteiger partial charge in [-0.2, -0.15) is 0 Å². The molecule has 0 heterocycles. The van der Waals surface area contributed by atoms with Crippen molar-refractivity contribution in [1.82, 2.24) is 0 Å². The zero-order chi connectivity index (χ0) is 15.4. The normalized spacial score (nSPS) is 10.5. The van der Waals surface area contributed by atoms with Crippen LogP contribution in [0.3, 0.4) is 0 Å². The largest absolute Gasteiger partial charge is 0.492 e. The minimum Gasteiger partial charge on any atom is -0.492 e. The van der Waals surface area contributed by atoms with E-state index in [1.807, 2.05) is 13.0 Å². The van der Waals surface area contributed by atoms with E-state index in [9.17, 15) is 0 Å². The van der Waals surface area contributed by atoms with Crippen LogP contribution in [0, 0.1) is 6.92 Å². The number of nitrogens with one attached hydrogen (secondary N) is 1. The van der Waals surface area contributed by atoms with Gasteiger partial charge in [0.2, 0.25) is 0 Å². The third-order valence-corrected chi connectivity index (χ3v) is 4.95. The molecule has 0 atom stereocenters. The third-order valence-electron chi connectivity index (χ3n) is 3.01. The van der Waals surface area contributed by atoms with Gasteiger partial charge in [0, 0.05) is 26.7 Å². The maximum Gasteiger partial charge on any atom is 0.138 e. The van der Waals surface area contributed by atoms with Crippen LogP contribution in [-0.2, 0) is 6.54 Å². The number of anilines is 1. The molecule has 2 aromatic carbocycles. The van der Waals surface area contributed by atoms with E-state index in [4.69, 9.17) is 4.74 Å². The summed E-state index contributed by atoms with van der Waals surface area (Å²) in [6.45, 7) is 5.42. The SMILES string of the molecule is CCOc1c(Br)cc(Br)cc1CNc1ccc(Br)c(C)c1. The molecule has 2 aromatic rings. The molecule has 0 fully saturated rings. The van der Waals surface area contributed by atoms with Crippen molar-refractivity contribution in [3.63, 3.8) is 0 Å². The Morgan fingerprint density at radius 1 is 1.05 bits per heavy atom. The van der Waals surface area contributed by atoms with Crippen LogP contribution < -0.4 is 10.1 Å². The lowest BCUT2D eigenvalue weighted by molar-refractivity contribution is 0.334. The van der Waals surface area contributed by atoms with Crippen LogP contribution in [0.2, 0.25) is 0 Å². The molecule has 5 heteroatoms. The van der Waals surface area contributed by atoms with E-state index in [1.54, 1.807) is 0 Å². The van der Waals surface area contributed by atoms with Crippen LogP contribution in [0.4, 0.5) is 5.69 Å². The second kappa shape index (κ2) is 7.65. The van der Waals surface area contributed by atoms with Gasteiger partial charge in [-0.3, -0.25) is 0 Å². The molecule has 0 amide bonds. The average Bonchev–Trinajstić information content (AvgIpc) is 2.43. The molecule has 0 aliphatic carbocycles. The molecule has 0 saturated heterocycles. The van der Waals surface area contributed by atoms with Gasteiger partial charge in [-0.15, -0.1) is 0 Å². The first-order chi connectivity index (χ1) is 10.0. The Morgan fingerprint density at radius 2 is 1.81 bits per heavy atom.